The highest BCUT2D eigenvalue weighted by molar-refractivity contribution is 5.41. The van der Waals surface area contributed by atoms with Crippen molar-refractivity contribution >= 4 is 11.9 Å². The first-order valence-corrected chi connectivity index (χ1v) is 6.76. The molecule has 2 aromatic heterocycles. The summed E-state index contributed by atoms with van der Waals surface area (Å²) in [7, 11) is 0. The molecule has 9 nitrogen and oxygen atoms in total. The van der Waals surface area contributed by atoms with E-state index < -0.39 is 0 Å². The van der Waals surface area contributed by atoms with E-state index in [1.54, 1.807) is 23.3 Å². The third-order valence-corrected chi connectivity index (χ3v) is 3.34. The maximum atomic E-state index is 5.63. The summed E-state index contributed by atoms with van der Waals surface area (Å²) >= 11 is 0. The fourth-order valence-corrected chi connectivity index (χ4v) is 2.22. The zero-order chi connectivity index (χ0) is 14.8. The highest BCUT2D eigenvalue weighted by atomic mass is 16.5. The van der Waals surface area contributed by atoms with Crippen molar-refractivity contribution < 1.29 is 4.74 Å². The van der Waals surface area contributed by atoms with Gasteiger partial charge in [-0.15, -0.1) is 0 Å². The van der Waals surface area contributed by atoms with Crippen LogP contribution >= 0.6 is 0 Å². The molecule has 0 amide bonds. The minimum Gasteiger partial charge on any atom is -0.375 e. The second kappa shape index (κ2) is 5.62. The highest BCUT2D eigenvalue weighted by Crippen LogP contribution is 2.19. The number of hydrogen-bond acceptors (Lipinski definition) is 8. The van der Waals surface area contributed by atoms with Crippen LogP contribution in [0.4, 0.5) is 11.9 Å². The summed E-state index contributed by atoms with van der Waals surface area (Å²) in [6.07, 6.45) is 5.19. The molecular formula is C12H18N8O. The monoisotopic (exact) mass is 290 g/mol. The average molecular weight is 290 g/mol. The van der Waals surface area contributed by atoms with Crippen molar-refractivity contribution in [3.63, 3.8) is 0 Å². The Morgan fingerprint density at radius 2 is 2.10 bits per heavy atom. The first kappa shape index (κ1) is 13.7. The van der Waals surface area contributed by atoms with Crippen LogP contribution < -0.4 is 16.2 Å². The van der Waals surface area contributed by atoms with Gasteiger partial charge in [-0.2, -0.15) is 15.0 Å². The Hall–Kier alpha value is -2.26. The van der Waals surface area contributed by atoms with Crippen LogP contribution in [0.3, 0.4) is 0 Å². The van der Waals surface area contributed by atoms with Crippen molar-refractivity contribution in [3.8, 4) is 5.95 Å². The van der Waals surface area contributed by atoms with Crippen LogP contribution in [0, 0.1) is 0 Å². The molecule has 2 aromatic rings. The molecule has 1 saturated heterocycles. The summed E-state index contributed by atoms with van der Waals surface area (Å²) in [4.78, 5) is 19.2. The maximum absolute atomic E-state index is 5.63. The van der Waals surface area contributed by atoms with Gasteiger partial charge in [-0.1, -0.05) is 0 Å². The Morgan fingerprint density at radius 1 is 1.29 bits per heavy atom. The Balaban J connectivity index is 1.99. The molecule has 21 heavy (non-hydrogen) atoms. The highest BCUT2D eigenvalue weighted by Gasteiger charge is 2.26. The molecule has 3 heterocycles. The van der Waals surface area contributed by atoms with E-state index in [0.29, 0.717) is 24.5 Å². The van der Waals surface area contributed by atoms with Gasteiger partial charge >= 0.3 is 0 Å². The van der Waals surface area contributed by atoms with E-state index in [4.69, 9.17) is 10.6 Å². The molecule has 2 unspecified atom stereocenters. The van der Waals surface area contributed by atoms with Gasteiger partial charge < -0.3 is 9.64 Å². The van der Waals surface area contributed by atoms with Crippen LogP contribution in [0.2, 0.25) is 0 Å². The number of anilines is 2. The number of aromatic nitrogens is 5. The molecule has 3 rings (SSSR count). The van der Waals surface area contributed by atoms with Gasteiger partial charge in [0.25, 0.3) is 0 Å². The van der Waals surface area contributed by atoms with Crippen molar-refractivity contribution in [2.24, 2.45) is 5.84 Å². The minimum absolute atomic E-state index is 0.129. The van der Waals surface area contributed by atoms with Crippen molar-refractivity contribution in [2.75, 3.05) is 23.5 Å². The quantitative estimate of drug-likeness (QED) is 0.599. The molecule has 0 aromatic carbocycles. The third-order valence-electron chi connectivity index (χ3n) is 3.34. The van der Waals surface area contributed by atoms with Crippen LogP contribution in [-0.2, 0) is 4.74 Å². The molecule has 0 saturated carbocycles. The van der Waals surface area contributed by atoms with Gasteiger partial charge in [0.1, 0.15) is 6.33 Å². The summed E-state index contributed by atoms with van der Waals surface area (Å²) in [5.41, 5.74) is 2.48. The number of nitrogen functional groups attached to an aromatic ring is 1. The molecular weight excluding hydrogens is 272 g/mol. The van der Waals surface area contributed by atoms with E-state index in [-0.39, 0.29) is 12.1 Å². The van der Waals surface area contributed by atoms with Crippen molar-refractivity contribution in [2.45, 2.75) is 26.0 Å². The Morgan fingerprint density at radius 3 is 2.81 bits per heavy atom. The predicted octanol–water partition coefficient (Wildman–Crippen LogP) is -0.0435. The topological polar surface area (TPSA) is 107 Å². The van der Waals surface area contributed by atoms with Gasteiger partial charge in [-0.3, -0.25) is 9.99 Å². The molecule has 9 heteroatoms. The Labute approximate surface area is 122 Å². The molecule has 112 valence electrons. The van der Waals surface area contributed by atoms with Crippen LogP contribution in [-0.4, -0.2) is 49.8 Å². The minimum atomic E-state index is 0.129. The standard InChI is InChI=1S/C12H18N8O/c1-8-6-21-9(2)5-20(8)12-16-10(18-13)15-11(17-12)19-4-3-14-7-19/h3-4,7-9H,5-6,13H2,1-2H3,(H,15,16,17,18). The number of rotatable bonds is 3. The summed E-state index contributed by atoms with van der Waals surface area (Å²) < 4.78 is 7.34. The van der Waals surface area contributed by atoms with E-state index in [2.05, 4.69) is 37.2 Å². The fraction of sp³-hybridized carbons (Fsp3) is 0.500. The zero-order valence-electron chi connectivity index (χ0n) is 12.0. The molecule has 3 N–H and O–H groups in total. The molecule has 0 radical (unpaired) electrons. The fourth-order valence-electron chi connectivity index (χ4n) is 2.22. The lowest BCUT2D eigenvalue weighted by atomic mass is 10.2. The van der Waals surface area contributed by atoms with E-state index in [1.165, 1.54) is 0 Å². The second-order valence-electron chi connectivity index (χ2n) is 5.02. The number of ether oxygens (including phenoxy) is 1. The van der Waals surface area contributed by atoms with Gasteiger partial charge in [0, 0.05) is 18.9 Å². The normalized spacial score (nSPS) is 22.3. The summed E-state index contributed by atoms with van der Waals surface area (Å²) in [5.74, 6) is 6.82. The molecule has 1 aliphatic heterocycles. The van der Waals surface area contributed by atoms with Gasteiger partial charge in [0.05, 0.1) is 18.8 Å². The molecule has 1 fully saturated rings. The number of hydrogen-bond donors (Lipinski definition) is 2. The molecule has 0 spiro atoms. The van der Waals surface area contributed by atoms with Crippen molar-refractivity contribution in [1.29, 1.82) is 0 Å². The molecule has 0 aliphatic carbocycles. The number of imidazole rings is 1. The lowest BCUT2D eigenvalue weighted by Gasteiger charge is -2.36. The van der Waals surface area contributed by atoms with E-state index in [0.717, 1.165) is 6.54 Å². The smallest absolute Gasteiger partial charge is 0.243 e. The second-order valence-corrected chi connectivity index (χ2v) is 5.02. The van der Waals surface area contributed by atoms with Gasteiger partial charge in [-0.25, -0.2) is 10.8 Å². The molecule has 1 aliphatic rings. The van der Waals surface area contributed by atoms with E-state index >= 15 is 0 Å². The first-order chi connectivity index (χ1) is 10.2. The van der Waals surface area contributed by atoms with E-state index in [9.17, 15) is 0 Å². The maximum Gasteiger partial charge on any atom is 0.243 e. The third kappa shape index (κ3) is 2.78. The number of nitrogens with zero attached hydrogens (tertiary/aromatic N) is 6. The Bertz CT molecular complexity index is 601. The number of morpholine rings is 1. The summed E-state index contributed by atoms with van der Waals surface area (Å²) in [6.45, 7) is 5.46. The first-order valence-electron chi connectivity index (χ1n) is 6.76. The van der Waals surface area contributed by atoms with Crippen LogP contribution in [0.1, 0.15) is 13.8 Å². The lowest BCUT2D eigenvalue weighted by molar-refractivity contribution is 0.0337. The Kier molecular flexibility index (Phi) is 3.67. The number of nitrogens with one attached hydrogen (secondary N) is 1. The summed E-state index contributed by atoms with van der Waals surface area (Å²) in [6, 6.07) is 0.185. The average Bonchev–Trinajstić information content (AvgIpc) is 3.03. The number of hydrazine groups is 1. The zero-order valence-corrected chi connectivity index (χ0v) is 12.0. The van der Waals surface area contributed by atoms with Crippen LogP contribution in [0.25, 0.3) is 5.95 Å². The lowest BCUT2D eigenvalue weighted by Crippen LogP contribution is -2.48. The van der Waals surface area contributed by atoms with Gasteiger partial charge in [-0.05, 0) is 13.8 Å². The van der Waals surface area contributed by atoms with Crippen LogP contribution in [0.5, 0.6) is 0 Å². The van der Waals surface area contributed by atoms with E-state index in [1.807, 2.05) is 6.92 Å². The van der Waals surface area contributed by atoms with Crippen molar-refractivity contribution in [1.82, 2.24) is 24.5 Å². The molecule has 0 bridgehead atoms. The van der Waals surface area contributed by atoms with Crippen LogP contribution in [0.15, 0.2) is 18.7 Å². The predicted molar refractivity (Wildman–Crippen MR) is 77.0 cm³/mol. The largest absolute Gasteiger partial charge is 0.375 e. The van der Waals surface area contributed by atoms with Gasteiger partial charge in [0.15, 0.2) is 0 Å². The molecule has 2 atom stereocenters. The van der Waals surface area contributed by atoms with Crippen molar-refractivity contribution in [3.05, 3.63) is 18.7 Å². The number of nitrogens with two attached hydrogens (primary N) is 1. The van der Waals surface area contributed by atoms with Gasteiger partial charge in [0.2, 0.25) is 17.8 Å². The SMILES string of the molecule is CC1CN(c2nc(NN)nc(-n3ccnc3)n2)C(C)CO1. The summed E-state index contributed by atoms with van der Waals surface area (Å²) in [5, 5.41) is 0.